The Morgan fingerprint density at radius 2 is 1.91 bits per heavy atom. The molecule has 9 heteroatoms. The number of alkyl halides is 3. The number of sulfonamides is 1. The Hall–Kier alpha value is -0.380. The van der Waals surface area contributed by atoms with Crippen molar-refractivity contribution in [1.82, 2.24) is 14.5 Å². The Labute approximate surface area is 136 Å². The van der Waals surface area contributed by atoms with Crippen molar-refractivity contribution < 1.29 is 21.6 Å². The summed E-state index contributed by atoms with van der Waals surface area (Å²) in [5.41, 5.74) is 0.204. The molecule has 2 rings (SSSR count). The summed E-state index contributed by atoms with van der Waals surface area (Å²) < 4.78 is 62.1. The standard InChI is InChI=1S/C14H26F3N3O2S/c1-13(5-6-18-9-13)10-19-7-3-12(4-8-19)20(23(2,21)22)11-14(15,16)17/h12,18H,3-11H2,1-2H3. The van der Waals surface area contributed by atoms with Crippen LogP contribution in [0, 0.1) is 5.41 Å². The van der Waals surface area contributed by atoms with Gasteiger partial charge in [-0.05, 0) is 44.3 Å². The quantitative estimate of drug-likeness (QED) is 0.805. The first-order chi connectivity index (χ1) is 10.5. The average Bonchev–Trinajstić information content (AvgIpc) is 2.81. The van der Waals surface area contributed by atoms with Crippen LogP contribution in [-0.4, -0.2) is 75.4 Å². The van der Waals surface area contributed by atoms with Crippen LogP contribution in [0.3, 0.4) is 0 Å². The number of likely N-dealkylation sites (tertiary alicyclic amines) is 1. The van der Waals surface area contributed by atoms with E-state index in [9.17, 15) is 21.6 Å². The molecule has 0 amide bonds. The van der Waals surface area contributed by atoms with E-state index in [1.165, 1.54) is 0 Å². The van der Waals surface area contributed by atoms with Gasteiger partial charge < -0.3 is 10.2 Å². The number of nitrogens with zero attached hydrogens (tertiary/aromatic N) is 2. The fraction of sp³-hybridized carbons (Fsp3) is 1.00. The van der Waals surface area contributed by atoms with Gasteiger partial charge in [0.15, 0.2) is 0 Å². The van der Waals surface area contributed by atoms with Gasteiger partial charge in [-0.1, -0.05) is 6.92 Å². The molecule has 136 valence electrons. The molecule has 2 aliphatic heterocycles. The second-order valence-corrected chi connectivity index (χ2v) is 9.10. The summed E-state index contributed by atoms with van der Waals surface area (Å²) in [5.74, 6) is 0. The largest absolute Gasteiger partial charge is 0.402 e. The Morgan fingerprint density at radius 1 is 1.30 bits per heavy atom. The van der Waals surface area contributed by atoms with Crippen LogP contribution in [0.25, 0.3) is 0 Å². The zero-order valence-corrected chi connectivity index (χ0v) is 14.5. The Bertz CT molecular complexity index is 496. The molecule has 0 aliphatic carbocycles. The fourth-order valence-corrected chi connectivity index (χ4v) is 4.74. The minimum Gasteiger partial charge on any atom is -0.316 e. The molecule has 0 aromatic heterocycles. The van der Waals surface area contributed by atoms with E-state index < -0.39 is 28.8 Å². The predicted octanol–water partition coefficient (Wildman–Crippen LogP) is 1.27. The third-order valence-corrected chi connectivity index (χ3v) is 6.07. The molecular formula is C14H26F3N3O2S. The molecule has 0 bridgehead atoms. The van der Waals surface area contributed by atoms with Crippen molar-refractivity contribution in [2.24, 2.45) is 5.41 Å². The first kappa shape index (κ1) is 19.0. The number of rotatable bonds is 5. The highest BCUT2D eigenvalue weighted by Gasteiger charge is 2.40. The van der Waals surface area contributed by atoms with Crippen molar-refractivity contribution in [3.63, 3.8) is 0 Å². The summed E-state index contributed by atoms with van der Waals surface area (Å²) in [6.07, 6.45) is -1.66. The minimum atomic E-state index is -4.51. The first-order valence-corrected chi connectivity index (χ1v) is 9.80. The van der Waals surface area contributed by atoms with Crippen molar-refractivity contribution in [3.8, 4) is 0 Å². The normalized spacial score (nSPS) is 28.6. The van der Waals surface area contributed by atoms with E-state index in [1.54, 1.807) is 0 Å². The van der Waals surface area contributed by atoms with Crippen LogP contribution in [-0.2, 0) is 10.0 Å². The summed E-state index contributed by atoms with van der Waals surface area (Å²) in [5, 5.41) is 3.34. The summed E-state index contributed by atoms with van der Waals surface area (Å²) in [6.45, 7) is 4.97. The Morgan fingerprint density at radius 3 is 2.35 bits per heavy atom. The highest BCUT2D eigenvalue weighted by atomic mass is 32.2. The van der Waals surface area contributed by atoms with Crippen LogP contribution < -0.4 is 5.32 Å². The molecular weight excluding hydrogens is 331 g/mol. The number of hydrogen-bond acceptors (Lipinski definition) is 4. The minimum absolute atomic E-state index is 0.204. The molecule has 0 saturated carbocycles. The van der Waals surface area contributed by atoms with Gasteiger partial charge in [-0.15, -0.1) is 0 Å². The summed E-state index contributed by atoms with van der Waals surface area (Å²) in [7, 11) is -3.86. The smallest absolute Gasteiger partial charge is 0.316 e. The predicted molar refractivity (Wildman–Crippen MR) is 82.7 cm³/mol. The maximum absolute atomic E-state index is 12.7. The zero-order valence-electron chi connectivity index (χ0n) is 13.7. The molecule has 0 spiro atoms. The maximum atomic E-state index is 12.7. The molecule has 0 aromatic rings. The molecule has 2 aliphatic rings. The van der Waals surface area contributed by atoms with Crippen molar-refractivity contribution >= 4 is 10.0 Å². The monoisotopic (exact) mass is 357 g/mol. The molecule has 0 radical (unpaired) electrons. The molecule has 2 heterocycles. The van der Waals surface area contributed by atoms with E-state index in [0.29, 0.717) is 30.2 Å². The van der Waals surface area contributed by atoms with Crippen molar-refractivity contribution in [2.45, 2.75) is 38.4 Å². The number of nitrogens with one attached hydrogen (secondary N) is 1. The van der Waals surface area contributed by atoms with Gasteiger partial charge >= 0.3 is 6.18 Å². The third-order valence-electron chi connectivity index (χ3n) is 4.79. The summed E-state index contributed by atoms with van der Waals surface area (Å²) in [4.78, 5) is 2.25. The van der Waals surface area contributed by atoms with Crippen molar-refractivity contribution in [2.75, 3.05) is 45.5 Å². The van der Waals surface area contributed by atoms with E-state index in [0.717, 1.165) is 32.3 Å². The van der Waals surface area contributed by atoms with Gasteiger partial charge in [0.25, 0.3) is 0 Å². The average molecular weight is 357 g/mol. The van der Waals surface area contributed by atoms with Gasteiger partial charge in [0.2, 0.25) is 10.0 Å². The number of hydrogen-bond donors (Lipinski definition) is 1. The lowest BCUT2D eigenvalue weighted by atomic mass is 9.88. The van der Waals surface area contributed by atoms with Crippen molar-refractivity contribution in [1.29, 1.82) is 0 Å². The van der Waals surface area contributed by atoms with E-state index in [2.05, 4.69) is 17.1 Å². The molecule has 1 atom stereocenters. The molecule has 1 N–H and O–H groups in total. The molecule has 2 saturated heterocycles. The van der Waals surface area contributed by atoms with Crippen LogP contribution in [0.4, 0.5) is 13.2 Å². The number of piperidine rings is 1. The van der Waals surface area contributed by atoms with Crippen LogP contribution in [0.1, 0.15) is 26.2 Å². The second kappa shape index (κ2) is 6.85. The van der Waals surface area contributed by atoms with Crippen LogP contribution in [0.15, 0.2) is 0 Å². The van der Waals surface area contributed by atoms with Crippen LogP contribution >= 0.6 is 0 Å². The molecule has 5 nitrogen and oxygen atoms in total. The van der Waals surface area contributed by atoms with Gasteiger partial charge in [-0.2, -0.15) is 17.5 Å². The maximum Gasteiger partial charge on any atom is 0.402 e. The molecule has 2 fully saturated rings. The molecule has 1 unspecified atom stereocenters. The van der Waals surface area contributed by atoms with Crippen LogP contribution in [0.5, 0.6) is 0 Å². The second-order valence-electron chi connectivity index (χ2n) is 7.17. The van der Waals surface area contributed by atoms with E-state index >= 15 is 0 Å². The van der Waals surface area contributed by atoms with Gasteiger partial charge in [0.1, 0.15) is 6.54 Å². The SMILES string of the molecule is CC1(CN2CCC(N(CC(F)(F)F)S(C)(=O)=O)CC2)CCNC1. The lowest BCUT2D eigenvalue weighted by Crippen LogP contribution is -2.51. The highest BCUT2D eigenvalue weighted by Crippen LogP contribution is 2.29. The molecule has 0 aromatic carbocycles. The lowest BCUT2D eigenvalue weighted by Gasteiger charge is -2.40. The Balaban J connectivity index is 1.93. The third kappa shape index (κ3) is 5.58. The van der Waals surface area contributed by atoms with E-state index in [4.69, 9.17) is 0 Å². The summed E-state index contributed by atoms with van der Waals surface area (Å²) in [6, 6.07) is -0.558. The van der Waals surface area contributed by atoms with Gasteiger partial charge in [0.05, 0.1) is 6.26 Å². The first-order valence-electron chi connectivity index (χ1n) is 7.95. The lowest BCUT2D eigenvalue weighted by molar-refractivity contribution is -0.140. The Kier molecular flexibility index (Phi) is 5.65. The zero-order chi connectivity index (χ0) is 17.3. The highest BCUT2D eigenvalue weighted by molar-refractivity contribution is 7.88. The van der Waals surface area contributed by atoms with Gasteiger partial charge in [0, 0.05) is 19.1 Å². The van der Waals surface area contributed by atoms with Gasteiger partial charge in [-0.3, -0.25) is 0 Å². The van der Waals surface area contributed by atoms with Crippen molar-refractivity contribution in [3.05, 3.63) is 0 Å². The summed E-state index contributed by atoms with van der Waals surface area (Å²) >= 11 is 0. The van der Waals surface area contributed by atoms with E-state index in [-0.39, 0.29) is 5.41 Å². The molecule has 23 heavy (non-hydrogen) atoms. The fourth-order valence-electron chi connectivity index (χ4n) is 3.60. The number of halogens is 3. The topological polar surface area (TPSA) is 52.7 Å². The van der Waals surface area contributed by atoms with Crippen LogP contribution in [0.2, 0.25) is 0 Å². The van der Waals surface area contributed by atoms with Gasteiger partial charge in [-0.25, -0.2) is 8.42 Å². The van der Waals surface area contributed by atoms with E-state index in [1.807, 2.05) is 0 Å².